The number of hydrogen-bond acceptors (Lipinski definition) is 4. The van der Waals surface area contributed by atoms with E-state index in [1.165, 1.54) is 37.7 Å². The van der Waals surface area contributed by atoms with Gasteiger partial charge in [-0.2, -0.15) is 5.10 Å². The summed E-state index contributed by atoms with van der Waals surface area (Å²) in [5.74, 6) is 0. The van der Waals surface area contributed by atoms with Gasteiger partial charge in [0, 0.05) is 28.9 Å². The monoisotopic (exact) mass is 390 g/mol. The molecule has 0 unspecified atom stereocenters. The van der Waals surface area contributed by atoms with Crippen LogP contribution in [0.25, 0.3) is 11.3 Å². The zero-order valence-corrected chi connectivity index (χ0v) is 17.3. The number of rotatable bonds is 4. The molecule has 0 saturated heterocycles. The lowest BCUT2D eigenvalue weighted by Gasteiger charge is -2.17. The average Bonchev–Trinajstić information content (AvgIpc) is 3.12. The molecular formula is C23H26N4S. The third-order valence-corrected chi connectivity index (χ3v) is 6.06. The molecule has 0 bridgehead atoms. The molecule has 144 valence electrons. The van der Waals surface area contributed by atoms with Crippen LogP contribution in [0.5, 0.6) is 0 Å². The standard InChI is InChI=1S/C23H26N4S/c1-17-10-12-19(13-11-17)22-16-28-23(25-21-8-4-3-5-9-21)27(22)26-18(2)20-7-6-14-24-15-20/h6-7,10-16,21H,3-5,8-9H2,1-2H3. The predicted molar refractivity (Wildman–Crippen MR) is 117 cm³/mol. The van der Waals surface area contributed by atoms with Gasteiger partial charge in [0.05, 0.1) is 17.4 Å². The van der Waals surface area contributed by atoms with Crippen LogP contribution in [0.3, 0.4) is 0 Å². The number of aryl methyl sites for hydroxylation is 1. The van der Waals surface area contributed by atoms with E-state index in [-0.39, 0.29) is 0 Å². The fraction of sp³-hybridized carbons (Fsp3) is 0.348. The second-order valence-corrected chi connectivity index (χ2v) is 8.27. The minimum Gasteiger partial charge on any atom is -0.264 e. The van der Waals surface area contributed by atoms with Crippen molar-refractivity contribution < 1.29 is 0 Å². The van der Waals surface area contributed by atoms with Crippen molar-refractivity contribution in [1.82, 2.24) is 9.66 Å². The van der Waals surface area contributed by atoms with Gasteiger partial charge in [0.15, 0.2) is 0 Å². The molecule has 4 rings (SSSR count). The minimum absolute atomic E-state index is 0.415. The summed E-state index contributed by atoms with van der Waals surface area (Å²) in [6.07, 6.45) is 9.91. The van der Waals surface area contributed by atoms with E-state index in [9.17, 15) is 0 Å². The summed E-state index contributed by atoms with van der Waals surface area (Å²) in [6, 6.07) is 13.0. The molecule has 4 nitrogen and oxygen atoms in total. The Morgan fingerprint density at radius 2 is 1.89 bits per heavy atom. The highest BCUT2D eigenvalue weighted by Crippen LogP contribution is 2.23. The first-order chi connectivity index (χ1) is 13.7. The van der Waals surface area contributed by atoms with E-state index in [2.05, 4.69) is 41.6 Å². The van der Waals surface area contributed by atoms with E-state index in [4.69, 9.17) is 10.1 Å². The van der Waals surface area contributed by atoms with Gasteiger partial charge in [0.1, 0.15) is 0 Å². The number of hydrogen-bond donors (Lipinski definition) is 0. The molecular weight excluding hydrogens is 364 g/mol. The normalized spacial score (nSPS) is 16.5. The maximum Gasteiger partial charge on any atom is 0.206 e. The van der Waals surface area contributed by atoms with Crippen LogP contribution in [0.4, 0.5) is 0 Å². The lowest BCUT2D eigenvalue weighted by atomic mass is 9.96. The molecule has 0 radical (unpaired) electrons. The second kappa shape index (κ2) is 8.65. The van der Waals surface area contributed by atoms with Crippen LogP contribution in [-0.2, 0) is 0 Å². The van der Waals surface area contributed by atoms with E-state index in [0.29, 0.717) is 6.04 Å². The van der Waals surface area contributed by atoms with Crippen LogP contribution in [-0.4, -0.2) is 21.4 Å². The Kier molecular flexibility index (Phi) is 5.81. The molecule has 0 spiro atoms. The lowest BCUT2D eigenvalue weighted by molar-refractivity contribution is 0.435. The van der Waals surface area contributed by atoms with Gasteiger partial charge < -0.3 is 0 Å². The number of aromatic nitrogens is 2. The molecule has 2 heterocycles. The molecule has 1 fully saturated rings. The molecule has 28 heavy (non-hydrogen) atoms. The highest BCUT2D eigenvalue weighted by Gasteiger charge is 2.14. The summed E-state index contributed by atoms with van der Waals surface area (Å²) in [7, 11) is 0. The molecule has 5 heteroatoms. The Balaban J connectivity index is 1.81. The predicted octanol–water partition coefficient (Wildman–Crippen LogP) is 5.43. The lowest BCUT2D eigenvalue weighted by Crippen LogP contribution is -2.19. The fourth-order valence-corrected chi connectivity index (χ4v) is 4.46. The third kappa shape index (κ3) is 4.30. The summed E-state index contributed by atoms with van der Waals surface area (Å²) in [5, 5.41) is 7.14. The number of nitrogens with zero attached hydrogens (tertiary/aromatic N) is 4. The number of benzene rings is 1. The van der Waals surface area contributed by atoms with Crippen molar-refractivity contribution in [3.8, 4) is 11.3 Å². The zero-order chi connectivity index (χ0) is 19.3. The Labute approximate surface area is 170 Å². The SMILES string of the molecule is CC(=Nn1c(-c2ccc(C)cc2)csc1=NC1CCCCC1)c1cccnc1. The van der Waals surface area contributed by atoms with Gasteiger partial charge in [-0.3, -0.25) is 9.98 Å². The van der Waals surface area contributed by atoms with Gasteiger partial charge in [0.25, 0.3) is 0 Å². The fourth-order valence-electron chi connectivity index (χ4n) is 3.56. The van der Waals surface area contributed by atoms with E-state index in [1.54, 1.807) is 17.5 Å². The zero-order valence-electron chi connectivity index (χ0n) is 16.5. The van der Waals surface area contributed by atoms with Crippen molar-refractivity contribution in [3.63, 3.8) is 0 Å². The molecule has 0 amide bonds. The van der Waals surface area contributed by atoms with Crippen LogP contribution in [0.2, 0.25) is 0 Å². The first-order valence-electron chi connectivity index (χ1n) is 9.98. The van der Waals surface area contributed by atoms with Crippen LogP contribution >= 0.6 is 11.3 Å². The number of thiazole rings is 1. The molecule has 1 aliphatic carbocycles. The molecule has 2 aromatic heterocycles. The molecule has 0 N–H and O–H groups in total. The topological polar surface area (TPSA) is 42.5 Å². The highest BCUT2D eigenvalue weighted by molar-refractivity contribution is 7.07. The van der Waals surface area contributed by atoms with Crippen LogP contribution in [0, 0.1) is 6.92 Å². The molecule has 1 aliphatic rings. The smallest absolute Gasteiger partial charge is 0.206 e. The number of pyridine rings is 1. The van der Waals surface area contributed by atoms with Gasteiger partial charge in [0.2, 0.25) is 4.80 Å². The summed E-state index contributed by atoms with van der Waals surface area (Å²) >= 11 is 1.68. The molecule has 1 aromatic carbocycles. The van der Waals surface area contributed by atoms with Crippen molar-refractivity contribution in [2.24, 2.45) is 10.1 Å². The van der Waals surface area contributed by atoms with Gasteiger partial charge in [-0.25, -0.2) is 4.68 Å². The summed E-state index contributed by atoms with van der Waals surface area (Å²) in [5.41, 5.74) is 5.47. The quantitative estimate of drug-likeness (QED) is 0.548. The Hall–Kier alpha value is -2.53. The van der Waals surface area contributed by atoms with Crippen LogP contribution in [0.1, 0.15) is 50.2 Å². The second-order valence-electron chi connectivity index (χ2n) is 7.43. The van der Waals surface area contributed by atoms with Gasteiger partial charge >= 0.3 is 0 Å². The Bertz CT molecular complexity index is 1010. The summed E-state index contributed by atoms with van der Waals surface area (Å²) in [6.45, 7) is 4.14. The minimum atomic E-state index is 0.415. The van der Waals surface area contributed by atoms with Crippen LogP contribution in [0.15, 0.2) is 64.3 Å². The molecule has 0 atom stereocenters. The van der Waals surface area contributed by atoms with E-state index >= 15 is 0 Å². The van der Waals surface area contributed by atoms with Crippen LogP contribution < -0.4 is 4.80 Å². The highest BCUT2D eigenvalue weighted by atomic mass is 32.1. The van der Waals surface area contributed by atoms with E-state index in [1.807, 2.05) is 29.9 Å². The first kappa shape index (κ1) is 18.8. The van der Waals surface area contributed by atoms with Crippen molar-refractivity contribution in [2.45, 2.75) is 52.0 Å². The Morgan fingerprint density at radius 3 is 2.61 bits per heavy atom. The maximum absolute atomic E-state index is 5.09. The maximum atomic E-state index is 5.09. The molecule has 3 aromatic rings. The summed E-state index contributed by atoms with van der Waals surface area (Å²) < 4.78 is 2.02. The average molecular weight is 391 g/mol. The summed E-state index contributed by atoms with van der Waals surface area (Å²) in [4.78, 5) is 10.3. The first-order valence-corrected chi connectivity index (χ1v) is 10.9. The van der Waals surface area contributed by atoms with Crippen molar-refractivity contribution >= 4 is 17.0 Å². The van der Waals surface area contributed by atoms with Gasteiger partial charge in [-0.15, -0.1) is 11.3 Å². The van der Waals surface area contributed by atoms with Gasteiger partial charge in [-0.05, 0) is 32.8 Å². The molecule has 1 saturated carbocycles. The van der Waals surface area contributed by atoms with Crippen molar-refractivity contribution in [3.05, 3.63) is 70.1 Å². The third-order valence-electron chi connectivity index (χ3n) is 5.23. The van der Waals surface area contributed by atoms with Gasteiger partial charge in [-0.1, -0.05) is 55.2 Å². The Morgan fingerprint density at radius 1 is 1.11 bits per heavy atom. The molecule has 0 aliphatic heterocycles. The van der Waals surface area contributed by atoms with Crippen molar-refractivity contribution in [2.75, 3.05) is 0 Å². The largest absolute Gasteiger partial charge is 0.264 e. The van der Waals surface area contributed by atoms with E-state index in [0.717, 1.165) is 27.3 Å². The van der Waals surface area contributed by atoms with Crippen molar-refractivity contribution in [1.29, 1.82) is 0 Å². The van der Waals surface area contributed by atoms with E-state index < -0.39 is 0 Å².